The minimum absolute atomic E-state index is 0.443. The molecule has 0 saturated carbocycles. The van der Waals surface area contributed by atoms with Gasteiger partial charge < -0.3 is 9.84 Å². The van der Waals surface area contributed by atoms with Gasteiger partial charge in [-0.25, -0.2) is 0 Å². The number of aliphatic hydroxyl groups is 1. The third-order valence-corrected chi connectivity index (χ3v) is 2.42. The minimum Gasteiger partial charge on any atom is -0.455 e. The maximum absolute atomic E-state index is 10.9. The van der Waals surface area contributed by atoms with Gasteiger partial charge in [-0.1, -0.05) is 36.9 Å². The lowest BCUT2D eigenvalue weighted by molar-refractivity contribution is -0.156. The normalized spacial score (nSPS) is 15.9. The van der Waals surface area contributed by atoms with Crippen molar-refractivity contribution in [1.29, 1.82) is 0 Å². The van der Waals surface area contributed by atoms with Crippen molar-refractivity contribution in [3.8, 4) is 0 Å². The first kappa shape index (κ1) is 12.5. The fourth-order valence-electron chi connectivity index (χ4n) is 1.51. The second-order valence-corrected chi connectivity index (χ2v) is 3.78. The topological polar surface area (TPSA) is 46.5 Å². The third kappa shape index (κ3) is 2.70. The molecule has 1 rings (SSSR count). The van der Waals surface area contributed by atoms with Crippen LogP contribution in [0.15, 0.2) is 43.0 Å². The van der Waals surface area contributed by atoms with E-state index in [2.05, 4.69) is 6.58 Å². The molecule has 0 aliphatic heterocycles. The first-order valence-corrected chi connectivity index (χ1v) is 5.06. The highest BCUT2D eigenvalue weighted by molar-refractivity contribution is 5.66. The molecule has 0 unspecified atom stereocenters. The number of carbonyl (C=O) groups excluding carboxylic acids is 1. The molecule has 0 aromatic heterocycles. The van der Waals surface area contributed by atoms with Crippen LogP contribution in [0.5, 0.6) is 0 Å². The van der Waals surface area contributed by atoms with Crippen LogP contribution in [0.25, 0.3) is 0 Å². The van der Waals surface area contributed by atoms with Crippen molar-refractivity contribution in [3.63, 3.8) is 0 Å². The molecule has 1 N–H and O–H groups in total. The maximum atomic E-state index is 10.9. The monoisotopic (exact) mass is 220 g/mol. The summed E-state index contributed by atoms with van der Waals surface area (Å²) >= 11 is 0. The van der Waals surface area contributed by atoms with Gasteiger partial charge in [-0.3, -0.25) is 4.79 Å². The summed E-state index contributed by atoms with van der Waals surface area (Å²) in [6.45, 7) is 6.47. The van der Waals surface area contributed by atoms with Crippen molar-refractivity contribution in [1.82, 2.24) is 0 Å². The molecule has 0 spiro atoms. The van der Waals surface area contributed by atoms with Crippen LogP contribution < -0.4 is 0 Å². The molecule has 3 heteroatoms. The van der Waals surface area contributed by atoms with Gasteiger partial charge in [0.15, 0.2) is 6.10 Å². The summed E-state index contributed by atoms with van der Waals surface area (Å²) in [5.74, 6) is -0.443. The van der Waals surface area contributed by atoms with Crippen LogP contribution >= 0.6 is 0 Å². The molecular weight excluding hydrogens is 204 g/mol. The highest BCUT2D eigenvalue weighted by atomic mass is 16.6. The zero-order valence-electron chi connectivity index (χ0n) is 9.51. The molecule has 1 aromatic carbocycles. The molecule has 86 valence electrons. The van der Waals surface area contributed by atoms with E-state index in [0.29, 0.717) is 5.56 Å². The Morgan fingerprint density at radius 2 is 2.06 bits per heavy atom. The highest BCUT2D eigenvalue weighted by Crippen LogP contribution is 2.27. The summed E-state index contributed by atoms with van der Waals surface area (Å²) in [6.07, 6.45) is 0.668. The van der Waals surface area contributed by atoms with Gasteiger partial charge in [-0.2, -0.15) is 0 Å². The van der Waals surface area contributed by atoms with Gasteiger partial charge in [0.2, 0.25) is 0 Å². The van der Waals surface area contributed by atoms with E-state index in [1.807, 2.05) is 18.2 Å². The Bertz CT molecular complexity index is 368. The molecule has 16 heavy (non-hydrogen) atoms. The Morgan fingerprint density at radius 1 is 1.50 bits per heavy atom. The maximum Gasteiger partial charge on any atom is 0.303 e. The molecule has 3 nitrogen and oxygen atoms in total. The van der Waals surface area contributed by atoms with Crippen LogP contribution in [0.3, 0.4) is 0 Å². The average Bonchev–Trinajstić information content (AvgIpc) is 2.26. The molecule has 0 aliphatic rings. The van der Waals surface area contributed by atoms with E-state index in [1.165, 1.54) is 13.0 Å². The molecular formula is C13H16O3. The van der Waals surface area contributed by atoms with Crippen molar-refractivity contribution in [3.05, 3.63) is 48.6 Å². The highest BCUT2D eigenvalue weighted by Gasteiger charge is 2.33. The predicted octanol–water partition coefficient (Wildman–Crippen LogP) is 2.01. The molecule has 0 radical (unpaired) electrons. The van der Waals surface area contributed by atoms with E-state index in [-0.39, 0.29) is 0 Å². The second-order valence-electron chi connectivity index (χ2n) is 3.78. The number of hydrogen-bond donors (Lipinski definition) is 1. The lowest BCUT2D eigenvalue weighted by Crippen LogP contribution is -2.38. The Morgan fingerprint density at radius 3 is 2.50 bits per heavy atom. The number of esters is 1. The van der Waals surface area contributed by atoms with Crippen molar-refractivity contribution in [2.75, 3.05) is 0 Å². The minimum atomic E-state index is -1.27. The van der Waals surface area contributed by atoms with Gasteiger partial charge in [0, 0.05) is 6.92 Å². The number of rotatable bonds is 4. The first-order valence-electron chi connectivity index (χ1n) is 5.06. The summed E-state index contributed by atoms with van der Waals surface area (Å²) in [6, 6.07) is 9.05. The van der Waals surface area contributed by atoms with E-state index >= 15 is 0 Å². The van der Waals surface area contributed by atoms with E-state index in [4.69, 9.17) is 4.74 Å². The zero-order valence-corrected chi connectivity index (χ0v) is 9.51. The van der Waals surface area contributed by atoms with Crippen molar-refractivity contribution < 1.29 is 14.6 Å². The van der Waals surface area contributed by atoms with E-state index < -0.39 is 17.7 Å². The average molecular weight is 220 g/mol. The molecule has 0 amide bonds. The lowest BCUT2D eigenvalue weighted by Gasteiger charge is -2.30. The molecule has 0 aliphatic carbocycles. The molecule has 2 atom stereocenters. The third-order valence-electron chi connectivity index (χ3n) is 2.42. The SMILES string of the molecule is C=C[C@@H](OC(C)=O)[C@](C)(O)c1ccccc1. The van der Waals surface area contributed by atoms with Crippen LogP contribution in [-0.4, -0.2) is 17.2 Å². The van der Waals surface area contributed by atoms with Gasteiger partial charge in [-0.15, -0.1) is 0 Å². The fourth-order valence-corrected chi connectivity index (χ4v) is 1.51. The van der Waals surface area contributed by atoms with Crippen LogP contribution in [0.1, 0.15) is 19.4 Å². The Hall–Kier alpha value is -1.61. The Labute approximate surface area is 95.4 Å². The van der Waals surface area contributed by atoms with Crippen LogP contribution in [0.4, 0.5) is 0 Å². The van der Waals surface area contributed by atoms with Crippen LogP contribution in [0, 0.1) is 0 Å². The standard InChI is InChI=1S/C13H16O3/c1-4-12(16-10(2)14)13(3,15)11-8-6-5-7-9-11/h4-9,12,15H,1H2,2-3H3/t12-,13-/m1/s1. The summed E-state index contributed by atoms with van der Waals surface area (Å²) in [7, 11) is 0. The summed E-state index contributed by atoms with van der Waals surface area (Å²) in [5.41, 5.74) is -0.588. The van der Waals surface area contributed by atoms with Crippen LogP contribution in [0.2, 0.25) is 0 Å². The number of benzene rings is 1. The summed E-state index contributed by atoms with van der Waals surface area (Å²) < 4.78 is 5.01. The quantitative estimate of drug-likeness (QED) is 0.623. The number of ether oxygens (including phenoxy) is 1. The van der Waals surface area contributed by atoms with Gasteiger partial charge >= 0.3 is 5.97 Å². The largest absolute Gasteiger partial charge is 0.455 e. The zero-order chi connectivity index (χ0) is 12.2. The summed E-state index contributed by atoms with van der Waals surface area (Å²) in [4.78, 5) is 10.9. The smallest absolute Gasteiger partial charge is 0.303 e. The Balaban J connectivity index is 2.98. The second kappa shape index (κ2) is 4.94. The van der Waals surface area contributed by atoms with E-state index in [1.54, 1.807) is 19.1 Å². The summed E-state index contributed by atoms with van der Waals surface area (Å²) in [5, 5.41) is 10.3. The van der Waals surface area contributed by atoms with Crippen molar-refractivity contribution in [2.24, 2.45) is 0 Å². The molecule has 0 saturated heterocycles. The lowest BCUT2D eigenvalue weighted by atomic mass is 9.90. The fraction of sp³-hybridized carbons (Fsp3) is 0.308. The molecule has 0 heterocycles. The van der Waals surface area contributed by atoms with Gasteiger partial charge in [0.05, 0.1) is 0 Å². The molecule has 0 bridgehead atoms. The first-order chi connectivity index (χ1) is 7.48. The van der Waals surface area contributed by atoms with E-state index in [9.17, 15) is 9.90 Å². The molecule has 1 aromatic rings. The van der Waals surface area contributed by atoms with Gasteiger partial charge in [0.1, 0.15) is 5.60 Å². The molecule has 0 fully saturated rings. The van der Waals surface area contributed by atoms with Gasteiger partial charge in [0.25, 0.3) is 0 Å². The van der Waals surface area contributed by atoms with E-state index in [0.717, 1.165) is 0 Å². The Kier molecular flexibility index (Phi) is 3.85. The number of hydrogen-bond acceptors (Lipinski definition) is 3. The van der Waals surface area contributed by atoms with Crippen molar-refractivity contribution >= 4 is 5.97 Å². The number of carbonyl (C=O) groups is 1. The predicted molar refractivity (Wildman–Crippen MR) is 61.8 cm³/mol. The van der Waals surface area contributed by atoms with Crippen LogP contribution in [-0.2, 0) is 15.1 Å². The van der Waals surface area contributed by atoms with Gasteiger partial charge in [-0.05, 0) is 18.6 Å². The van der Waals surface area contributed by atoms with Crippen molar-refractivity contribution in [2.45, 2.75) is 25.6 Å².